The van der Waals surface area contributed by atoms with Crippen molar-refractivity contribution >= 4 is 24.1 Å². The van der Waals surface area contributed by atoms with Crippen molar-refractivity contribution in [2.45, 2.75) is 39.8 Å². The number of anilines is 1. The van der Waals surface area contributed by atoms with Crippen LogP contribution in [0.25, 0.3) is 0 Å². The SMILES string of the molecule is Cc1ccn(CC2CCCNC2)c(=O)c1C(=O)Nc1cc(C)n(Cc2ccccc2)n1.Cl. The van der Waals surface area contributed by atoms with Crippen molar-refractivity contribution < 1.29 is 4.79 Å². The first-order chi connectivity index (χ1) is 15.0. The highest BCUT2D eigenvalue weighted by Crippen LogP contribution is 2.15. The second-order valence-electron chi connectivity index (χ2n) is 8.31. The Balaban J connectivity index is 0.00000289. The van der Waals surface area contributed by atoms with Crippen molar-refractivity contribution in [3.05, 3.63) is 81.4 Å². The zero-order valence-corrected chi connectivity index (χ0v) is 19.3. The summed E-state index contributed by atoms with van der Waals surface area (Å²) < 4.78 is 3.51. The fraction of sp³-hybridized carbons (Fsp3) is 0.375. The molecule has 1 aromatic carbocycles. The Morgan fingerprint density at radius 3 is 2.72 bits per heavy atom. The molecule has 1 atom stereocenters. The molecule has 0 radical (unpaired) electrons. The molecule has 7 nitrogen and oxygen atoms in total. The lowest BCUT2D eigenvalue weighted by Crippen LogP contribution is -2.36. The van der Waals surface area contributed by atoms with Crippen molar-refractivity contribution in [2.75, 3.05) is 18.4 Å². The number of aryl methyl sites for hydroxylation is 2. The molecule has 2 N–H and O–H groups in total. The molecule has 0 aliphatic carbocycles. The minimum atomic E-state index is -0.414. The Morgan fingerprint density at radius 1 is 1.22 bits per heavy atom. The number of halogens is 1. The Hall–Kier alpha value is -2.90. The van der Waals surface area contributed by atoms with Crippen molar-refractivity contribution in [1.82, 2.24) is 19.7 Å². The van der Waals surface area contributed by atoms with E-state index in [9.17, 15) is 9.59 Å². The number of rotatable bonds is 6. The smallest absolute Gasteiger partial charge is 0.263 e. The Morgan fingerprint density at radius 2 is 2.00 bits per heavy atom. The van der Waals surface area contributed by atoms with Crippen LogP contribution in [0.3, 0.4) is 0 Å². The van der Waals surface area contributed by atoms with Crippen LogP contribution in [0.2, 0.25) is 0 Å². The molecule has 0 saturated carbocycles. The average Bonchev–Trinajstić information content (AvgIpc) is 3.10. The number of nitrogens with one attached hydrogen (secondary N) is 2. The molecule has 4 rings (SSSR count). The normalized spacial score (nSPS) is 15.8. The summed E-state index contributed by atoms with van der Waals surface area (Å²) in [4.78, 5) is 26.1. The number of aromatic nitrogens is 3. The molecule has 0 spiro atoms. The predicted octanol–water partition coefficient (Wildman–Crippen LogP) is 3.38. The fourth-order valence-electron chi connectivity index (χ4n) is 4.11. The van der Waals surface area contributed by atoms with Crippen LogP contribution in [-0.4, -0.2) is 33.3 Å². The summed E-state index contributed by atoms with van der Waals surface area (Å²) in [6, 6.07) is 13.7. The molecule has 170 valence electrons. The van der Waals surface area contributed by atoms with Gasteiger partial charge in [-0.3, -0.25) is 14.3 Å². The molecule has 2 aromatic heterocycles. The number of carbonyl (C=O) groups is 1. The lowest BCUT2D eigenvalue weighted by molar-refractivity contribution is 0.102. The maximum absolute atomic E-state index is 13.1. The number of carbonyl (C=O) groups excluding carboxylic acids is 1. The first-order valence-corrected chi connectivity index (χ1v) is 10.8. The number of piperidine rings is 1. The Labute approximate surface area is 194 Å². The average molecular weight is 456 g/mol. The first kappa shape index (κ1) is 23.8. The standard InChI is InChI=1S/C24H29N5O2.ClH/c1-17-10-12-28(15-20-9-6-11-25-14-20)24(31)22(17)23(30)26-21-13-18(2)29(27-21)16-19-7-4-3-5-8-19;/h3-5,7-8,10,12-13,20,25H,6,9,11,14-16H2,1-2H3,(H,26,27,30);1H. The molecule has 1 unspecified atom stereocenters. The third-order valence-corrected chi connectivity index (χ3v) is 5.85. The summed E-state index contributed by atoms with van der Waals surface area (Å²) in [5.74, 6) is 0.438. The molecule has 0 bridgehead atoms. The summed E-state index contributed by atoms with van der Waals surface area (Å²) in [6.45, 7) is 6.92. The number of benzene rings is 1. The molecule has 1 fully saturated rings. The third kappa shape index (κ3) is 5.47. The van der Waals surface area contributed by atoms with Crippen molar-refractivity contribution in [3.63, 3.8) is 0 Å². The van der Waals surface area contributed by atoms with Crippen molar-refractivity contribution in [1.29, 1.82) is 0 Å². The lowest BCUT2D eigenvalue weighted by Gasteiger charge is -2.23. The van der Waals surface area contributed by atoms with E-state index in [0.717, 1.165) is 37.2 Å². The third-order valence-electron chi connectivity index (χ3n) is 5.85. The van der Waals surface area contributed by atoms with Gasteiger partial charge in [0.1, 0.15) is 5.56 Å². The molecule has 1 saturated heterocycles. The number of hydrogen-bond acceptors (Lipinski definition) is 4. The summed E-state index contributed by atoms with van der Waals surface area (Å²) in [5.41, 5.74) is 2.67. The molecule has 1 amide bonds. The fourth-order valence-corrected chi connectivity index (χ4v) is 4.11. The summed E-state index contributed by atoms with van der Waals surface area (Å²) in [7, 11) is 0. The first-order valence-electron chi connectivity index (χ1n) is 10.8. The Kier molecular flexibility index (Phi) is 7.88. The zero-order valence-electron chi connectivity index (χ0n) is 18.5. The van der Waals surface area contributed by atoms with Gasteiger partial charge < -0.3 is 15.2 Å². The molecule has 3 heterocycles. The van der Waals surface area contributed by atoms with Gasteiger partial charge in [0.2, 0.25) is 0 Å². The lowest BCUT2D eigenvalue weighted by atomic mass is 9.99. The van der Waals surface area contributed by atoms with Crippen LogP contribution in [0.4, 0.5) is 5.82 Å². The van der Waals surface area contributed by atoms with E-state index in [0.29, 0.717) is 30.4 Å². The van der Waals surface area contributed by atoms with Crippen LogP contribution >= 0.6 is 12.4 Å². The minimum absolute atomic E-state index is 0. The van der Waals surface area contributed by atoms with Gasteiger partial charge in [-0.2, -0.15) is 5.10 Å². The van der Waals surface area contributed by atoms with Gasteiger partial charge in [0.05, 0.1) is 6.54 Å². The van der Waals surface area contributed by atoms with Gasteiger partial charge in [-0.1, -0.05) is 30.3 Å². The van der Waals surface area contributed by atoms with E-state index >= 15 is 0 Å². The predicted molar refractivity (Wildman–Crippen MR) is 129 cm³/mol. The van der Waals surface area contributed by atoms with Crippen LogP contribution in [0.15, 0.2) is 53.5 Å². The summed E-state index contributed by atoms with van der Waals surface area (Å²) in [5, 5.41) is 10.7. The molecule has 1 aliphatic rings. The van der Waals surface area contributed by atoms with Crippen LogP contribution in [-0.2, 0) is 13.1 Å². The Bertz CT molecular complexity index is 1120. The molecule has 32 heavy (non-hydrogen) atoms. The highest BCUT2D eigenvalue weighted by Gasteiger charge is 2.20. The van der Waals surface area contributed by atoms with Gasteiger partial charge in [-0.05, 0) is 62.9 Å². The van der Waals surface area contributed by atoms with E-state index < -0.39 is 5.91 Å². The maximum Gasteiger partial charge on any atom is 0.263 e. The summed E-state index contributed by atoms with van der Waals surface area (Å²) >= 11 is 0. The number of hydrogen-bond donors (Lipinski definition) is 2. The zero-order chi connectivity index (χ0) is 21.8. The van der Waals surface area contributed by atoms with E-state index in [2.05, 4.69) is 15.7 Å². The quantitative estimate of drug-likeness (QED) is 0.597. The topological polar surface area (TPSA) is 81.0 Å². The largest absolute Gasteiger partial charge is 0.316 e. The number of pyridine rings is 1. The monoisotopic (exact) mass is 455 g/mol. The van der Waals surface area contributed by atoms with Gasteiger partial charge in [-0.25, -0.2) is 0 Å². The van der Waals surface area contributed by atoms with Crippen LogP contribution in [0.5, 0.6) is 0 Å². The van der Waals surface area contributed by atoms with E-state index in [1.165, 1.54) is 0 Å². The van der Waals surface area contributed by atoms with E-state index in [1.807, 2.05) is 54.1 Å². The van der Waals surface area contributed by atoms with Crippen molar-refractivity contribution in [3.8, 4) is 0 Å². The van der Waals surface area contributed by atoms with Crippen LogP contribution < -0.4 is 16.2 Å². The molecule has 1 aliphatic heterocycles. The molecule has 8 heteroatoms. The van der Waals surface area contributed by atoms with Crippen molar-refractivity contribution in [2.24, 2.45) is 5.92 Å². The number of amides is 1. The minimum Gasteiger partial charge on any atom is -0.316 e. The van der Waals surface area contributed by atoms with Gasteiger partial charge >= 0.3 is 0 Å². The van der Waals surface area contributed by atoms with Gasteiger partial charge in [0.25, 0.3) is 11.5 Å². The van der Waals surface area contributed by atoms with Gasteiger partial charge in [-0.15, -0.1) is 12.4 Å². The highest BCUT2D eigenvalue weighted by molar-refractivity contribution is 6.04. The van der Waals surface area contributed by atoms with E-state index in [4.69, 9.17) is 0 Å². The van der Waals surface area contributed by atoms with E-state index in [-0.39, 0.29) is 23.5 Å². The second-order valence-corrected chi connectivity index (χ2v) is 8.31. The second kappa shape index (κ2) is 10.6. The number of nitrogens with zero attached hydrogens (tertiary/aromatic N) is 3. The summed E-state index contributed by atoms with van der Waals surface area (Å²) in [6.07, 6.45) is 4.00. The highest BCUT2D eigenvalue weighted by atomic mass is 35.5. The van der Waals surface area contributed by atoms with Gasteiger partial charge in [0, 0.05) is 24.5 Å². The van der Waals surface area contributed by atoms with Crippen LogP contribution in [0.1, 0.15) is 40.0 Å². The molecular formula is C24H30ClN5O2. The van der Waals surface area contributed by atoms with E-state index in [1.54, 1.807) is 17.7 Å². The maximum atomic E-state index is 13.1. The molecule has 3 aromatic rings. The molecular weight excluding hydrogens is 426 g/mol. The van der Waals surface area contributed by atoms with Gasteiger partial charge in [0.15, 0.2) is 5.82 Å². The van der Waals surface area contributed by atoms with Crippen LogP contribution in [0, 0.1) is 19.8 Å².